The number of halogens is 2. The summed E-state index contributed by atoms with van der Waals surface area (Å²) >= 11 is 0. The Labute approximate surface area is 113 Å². The van der Waals surface area contributed by atoms with Gasteiger partial charge in [-0.2, -0.15) is 8.78 Å². The Kier molecular flexibility index (Phi) is 2.71. The van der Waals surface area contributed by atoms with Gasteiger partial charge in [0.1, 0.15) is 0 Å². The van der Waals surface area contributed by atoms with Crippen molar-refractivity contribution in [2.45, 2.75) is 12.8 Å². The number of ketones is 1. The summed E-state index contributed by atoms with van der Waals surface area (Å²) in [5, 5.41) is 0.940. The molecule has 0 atom stereocenters. The molecular formula is C15H11F2NO2. The molecule has 0 radical (unpaired) electrons. The summed E-state index contributed by atoms with van der Waals surface area (Å²) in [6.45, 7) is 0.559. The van der Waals surface area contributed by atoms with Crippen LogP contribution in [0.4, 0.5) is 8.78 Å². The number of nitrogens with one attached hydrogen (secondary N) is 1. The van der Waals surface area contributed by atoms with Crippen molar-refractivity contribution < 1.29 is 18.0 Å². The average molecular weight is 275 g/mol. The summed E-state index contributed by atoms with van der Waals surface area (Å²) in [4.78, 5) is 14.5. The molecule has 0 unspecified atom stereocenters. The van der Waals surface area contributed by atoms with E-state index in [9.17, 15) is 13.6 Å². The predicted octanol–water partition coefficient (Wildman–Crippen LogP) is 4.27. The molecule has 3 aromatic rings. The Morgan fingerprint density at radius 3 is 2.80 bits per heavy atom. The van der Waals surface area contributed by atoms with Gasteiger partial charge in [0.2, 0.25) is 0 Å². The van der Waals surface area contributed by atoms with E-state index in [-0.39, 0.29) is 5.76 Å². The number of aromatic nitrogens is 1. The van der Waals surface area contributed by atoms with Gasteiger partial charge in [-0.15, -0.1) is 0 Å². The fraction of sp³-hybridized carbons (Fsp3) is 0.133. The first-order chi connectivity index (χ1) is 9.47. The third-order valence-electron chi connectivity index (χ3n) is 3.12. The number of alkyl halides is 2. The van der Waals surface area contributed by atoms with Gasteiger partial charge in [-0.1, -0.05) is 18.2 Å². The Morgan fingerprint density at radius 1 is 1.30 bits per heavy atom. The fourth-order valence-electron chi connectivity index (χ4n) is 2.12. The minimum absolute atomic E-state index is 0.335. The monoisotopic (exact) mass is 275 g/mol. The van der Waals surface area contributed by atoms with Crippen molar-refractivity contribution in [2.24, 2.45) is 0 Å². The highest BCUT2D eigenvalue weighted by atomic mass is 19.3. The minimum Gasteiger partial charge on any atom is -0.460 e. The lowest BCUT2D eigenvalue weighted by atomic mass is 10.1. The zero-order chi connectivity index (χ0) is 14.3. The first-order valence-electron chi connectivity index (χ1n) is 6.04. The van der Waals surface area contributed by atoms with Crippen molar-refractivity contribution in [3.8, 4) is 11.1 Å². The van der Waals surface area contributed by atoms with Crippen LogP contribution in [0, 0.1) is 0 Å². The van der Waals surface area contributed by atoms with E-state index in [0.29, 0.717) is 12.5 Å². The third kappa shape index (κ3) is 2.01. The second-order valence-corrected chi connectivity index (χ2v) is 4.67. The lowest BCUT2D eigenvalue weighted by Crippen LogP contribution is -2.23. The van der Waals surface area contributed by atoms with E-state index in [1.54, 1.807) is 6.20 Å². The van der Waals surface area contributed by atoms with Crippen LogP contribution in [-0.2, 0) is 0 Å². The van der Waals surface area contributed by atoms with Gasteiger partial charge < -0.3 is 9.40 Å². The molecule has 3 rings (SSSR count). The minimum atomic E-state index is -3.44. The second-order valence-electron chi connectivity index (χ2n) is 4.67. The maximum Gasteiger partial charge on any atom is 0.310 e. The van der Waals surface area contributed by atoms with E-state index < -0.39 is 11.7 Å². The van der Waals surface area contributed by atoms with Crippen molar-refractivity contribution in [2.75, 3.05) is 0 Å². The molecule has 0 fully saturated rings. The van der Waals surface area contributed by atoms with Crippen molar-refractivity contribution in [1.29, 1.82) is 0 Å². The quantitative estimate of drug-likeness (QED) is 0.726. The lowest BCUT2D eigenvalue weighted by Gasteiger charge is -2.04. The molecule has 2 heterocycles. The molecule has 102 valence electrons. The molecule has 0 aliphatic carbocycles. The highest BCUT2D eigenvalue weighted by Gasteiger charge is 2.35. The summed E-state index contributed by atoms with van der Waals surface area (Å²) in [7, 11) is 0. The Balaban J connectivity index is 2.04. The largest absolute Gasteiger partial charge is 0.460 e. The van der Waals surface area contributed by atoms with Crippen molar-refractivity contribution >= 4 is 16.7 Å². The van der Waals surface area contributed by atoms with Gasteiger partial charge >= 0.3 is 5.92 Å². The van der Waals surface area contributed by atoms with Crippen molar-refractivity contribution in [1.82, 2.24) is 4.98 Å². The van der Waals surface area contributed by atoms with Crippen LogP contribution in [0.15, 0.2) is 47.2 Å². The molecule has 0 spiro atoms. The lowest BCUT2D eigenvalue weighted by molar-refractivity contribution is 0.0195. The molecule has 0 saturated carbocycles. The van der Waals surface area contributed by atoms with Gasteiger partial charge in [0.15, 0.2) is 5.76 Å². The number of hydrogen-bond acceptors (Lipinski definition) is 2. The van der Waals surface area contributed by atoms with Gasteiger partial charge in [-0.3, -0.25) is 4.79 Å². The number of carbonyl (C=O) groups excluding carboxylic acids is 1. The Hall–Kier alpha value is -2.43. The SMILES string of the molecule is CC(F)(F)C(=O)c1cc(-c2c[nH]c3ccccc23)co1. The van der Waals surface area contributed by atoms with Crippen LogP contribution in [0.2, 0.25) is 0 Å². The van der Waals surface area contributed by atoms with Crippen molar-refractivity contribution in [3.05, 3.63) is 48.6 Å². The number of H-pyrrole nitrogens is 1. The van der Waals surface area contributed by atoms with Gasteiger partial charge in [0.25, 0.3) is 5.78 Å². The molecule has 1 aromatic carbocycles. The van der Waals surface area contributed by atoms with E-state index in [1.165, 1.54) is 12.3 Å². The van der Waals surface area contributed by atoms with Crippen LogP contribution >= 0.6 is 0 Å². The predicted molar refractivity (Wildman–Crippen MR) is 71.0 cm³/mol. The molecule has 1 N–H and O–H groups in total. The van der Waals surface area contributed by atoms with Crippen LogP contribution < -0.4 is 0 Å². The van der Waals surface area contributed by atoms with Crippen molar-refractivity contribution in [3.63, 3.8) is 0 Å². The van der Waals surface area contributed by atoms with Crippen LogP contribution in [0.3, 0.4) is 0 Å². The number of Topliss-reactive ketones (excluding diaryl/α,β-unsaturated/α-hetero) is 1. The number of hydrogen-bond donors (Lipinski definition) is 1. The number of rotatable bonds is 3. The number of carbonyl (C=O) groups is 1. The number of benzene rings is 1. The molecule has 2 aromatic heterocycles. The first-order valence-corrected chi connectivity index (χ1v) is 6.04. The van der Waals surface area contributed by atoms with Gasteiger partial charge in [0, 0.05) is 35.2 Å². The summed E-state index contributed by atoms with van der Waals surface area (Å²) in [6.07, 6.45) is 3.07. The summed E-state index contributed by atoms with van der Waals surface area (Å²) in [5.41, 5.74) is 2.33. The Morgan fingerprint density at radius 2 is 2.05 bits per heavy atom. The molecule has 0 aliphatic heterocycles. The van der Waals surface area contributed by atoms with Gasteiger partial charge in [-0.05, 0) is 12.1 Å². The van der Waals surface area contributed by atoms with Crippen LogP contribution in [-0.4, -0.2) is 16.7 Å². The molecule has 20 heavy (non-hydrogen) atoms. The summed E-state index contributed by atoms with van der Waals surface area (Å²) in [6, 6.07) is 8.93. The first kappa shape index (κ1) is 12.6. The smallest absolute Gasteiger partial charge is 0.310 e. The number of para-hydroxylation sites is 1. The van der Waals surface area contributed by atoms with E-state index in [0.717, 1.165) is 16.5 Å². The normalized spacial score (nSPS) is 11.9. The second kappa shape index (κ2) is 4.30. The molecule has 3 nitrogen and oxygen atoms in total. The van der Waals surface area contributed by atoms with Crippen LogP contribution in [0.25, 0.3) is 22.0 Å². The van der Waals surface area contributed by atoms with E-state index in [1.807, 2.05) is 24.3 Å². The molecule has 5 heteroatoms. The van der Waals surface area contributed by atoms with Crippen LogP contribution in [0.5, 0.6) is 0 Å². The average Bonchev–Trinajstić information content (AvgIpc) is 3.02. The summed E-state index contributed by atoms with van der Waals surface area (Å²) in [5.74, 6) is -5.09. The van der Waals surface area contributed by atoms with Crippen LogP contribution in [0.1, 0.15) is 17.5 Å². The van der Waals surface area contributed by atoms with E-state index >= 15 is 0 Å². The standard InChI is InChI=1S/C15H11F2NO2/c1-15(16,17)14(19)13-6-9(8-20-13)11-7-18-12-5-3-2-4-10(11)12/h2-8,18H,1H3. The van der Waals surface area contributed by atoms with E-state index in [4.69, 9.17) is 4.42 Å². The molecule has 0 amide bonds. The fourth-order valence-corrected chi connectivity index (χ4v) is 2.12. The maximum absolute atomic E-state index is 13.0. The summed E-state index contributed by atoms with van der Waals surface area (Å²) < 4.78 is 31.0. The van der Waals surface area contributed by atoms with Gasteiger partial charge in [-0.25, -0.2) is 0 Å². The number of fused-ring (bicyclic) bond motifs is 1. The zero-order valence-electron chi connectivity index (χ0n) is 10.6. The molecule has 0 aliphatic rings. The highest BCUT2D eigenvalue weighted by Crippen LogP contribution is 2.31. The van der Waals surface area contributed by atoms with Gasteiger partial charge in [0.05, 0.1) is 6.26 Å². The topological polar surface area (TPSA) is 46.0 Å². The third-order valence-corrected chi connectivity index (χ3v) is 3.12. The number of aromatic amines is 1. The molecule has 0 bridgehead atoms. The highest BCUT2D eigenvalue weighted by molar-refractivity contribution is 6.01. The number of furan rings is 1. The van der Waals surface area contributed by atoms with E-state index in [2.05, 4.69) is 4.98 Å². The zero-order valence-corrected chi connectivity index (χ0v) is 10.6. The molecule has 0 saturated heterocycles. The molecular weight excluding hydrogens is 264 g/mol. The Bertz CT molecular complexity index is 780. The maximum atomic E-state index is 13.0.